The molecule has 1 aromatic rings. The maximum Gasteiger partial charge on any atom is 0.328 e. The molecule has 0 unspecified atom stereocenters. The molecular weight excluding hydrogens is 361 g/mol. The van der Waals surface area contributed by atoms with Crippen LogP contribution in [0.15, 0.2) is 12.1 Å². The van der Waals surface area contributed by atoms with Gasteiger partial charge in [0.05, 0.1) is 12.8 Å². The number of halogens is 2. The van der Waals surface area contributed by atoms with Crippen molar-refractivity contribution in [2.45, 2.75) is 64.2 Å². The molecule has 148 valence electrons. The van der Waals surface area contributed by atoms with Crippen molar-refractivity contribution in [3.05, 3.63) is 29.3 Å². The number of benzene rings is 1. The summed E-state index contributed by atoms with van der Waals surface area (Å²) in [5.74, 6) is -1.55. The molecule has 2 N–H and O–H groups in total. The summed E-state index contributed by atoms with van der Waals surface area (Å²) in [5, 5.41) is 0. The van der Waals surface area contributed by atoms with Gasteiger partial charge in [0.25, 0.3) is 0 Å². The zero-order chi connectivity index (χ0) is 19.2. The van der Waals surface area contributed by atoms with Crippen LogP contribution in [0.25, 0.3) is 0 Å². The first-order valence-electron chi connectivity index (χ1n) is 9.47. The Morgan fingerprint density at radius 3 is 2.42 bits per heavy atom. The molecule has 0 bridgehead atoms. The first kappa shape index (κ1) is 21.3. The van der Waals surface area contributed by atoms with Crippen LogP contribution in [0.3, 0.4) is 0 Å². The van der Waals surface area contributed by atoms with E-state index in [-0.39, 0.29) is 18.3 Å². The highest BCUT2D eigenvalue weighted by Crippen LogP contribution is 2.40. The Labute approximate surface area is 154 Å². The van der Waals surface area contributed by atoms with Crippen molar-refractivity contribution in [2.24, 2.45) is 5.92 Å². The van der Waals surface area contributed by atoms with Crippen LogP contribution in [-0.2, 0) is 4.57 Å². The van der Waals surface area contributed by atoms with Crippen molar-refractivity contribution in [1.82, 2.24) is 0 Å². The lowest BCUT2D eigenvalue weighted by atomic mass is 9.77. The van der Waals surface area contributed by atoms with Crippen molar-refractivity contribution in [3.63, 3.8) is 0 Å². The highest BCUT2D eigenvalue weighted by Gasteiger charge is 2.26. The molecule has 1 aromatic carbocycles. The van der Waals surface area contributed by atoms with Crippen molar-refractivity contribution in [3.8, 4) is 5.75 Å². The Balaban J connectivity index is 1.92. The maximum absolute atomic E-state index is 14.4. The summed E-state index contributed by atoms with van der Waals surface area (Å²) in [4.78, 5) is 17.6. The van der Waals surface area contributed by atoms with E-state index >= 15 is 0 Å². The number of hydrogen-bond donors (Lipinski definition) is 2. The van der Waals surface area contributed by atoms with E-state index in [4.69, 9.17) is 14.5 Å². The Morgan fingerprint density at radius 2 is 1.81 bits per heavy atom. The van der Waals surface area contributed by atoms with E-state index in [0.717, 1.165) is 25.7 Å². The van der Waals surface area contributed by atoms with Gasteiger partial charge >= 0.3 is 7.60 Å². The predicted molar refractivity (Wildman–Crippen MR) is 97.6 cm³/mol. The van der Waals surface area contributed by atoms with E-state index in [2.05, 4.69) is 6.92 Å². The summed E-state index contributed by atoms with van der Waals surface area (Å²) < 4.78 is 44.5. The lowest BCUT2D eigenvalue weighted by Crippen LogP contribution is -2.15. The predicted octanol–water partition coefficient (Wildman–Crippen LogP) is 5.38. The Hall–Kier alpha value is -0.970. The molecule has 0 aliphatic heterocycles. The minimum Gasteiger partial charge on any atom is -0.490 e. The normalized spacial score (nSPS) is 21.0. The molecule has 1 saturated carbocycles. The molecule has 26 heavy (non-hydrogen) atoms. The number of unbranched alkanes of at least 4 members (excludes halogenated alkanes) is 2. The second-order valence-electron chi connectivity index (χ2n) is 7.23. The molecule has 0 amide bonds. The topological polar surface area (TPSA) is 66.8 Å². The van der Waals surface area contributed by atoms with Crippen molar-refractivity contribution < 1.29 is 27.9 Å². The summed E-state index contributed by atoms with van der Waals surface area (Å²) in [5.41, 5.74) is 0.386. The average molecular weight is 390 g/mol. The van der Waals surface area contributed by atoms with Gasteiger partial charge in [-0.2, -0.15) is 4.39 Å². The highest BCUT2D eigenvalue weighted by molar-refractivity contribution is 7.51. The first-order chi connectivity index (χ1) is 12.3. The molecule has 0 spiro atoms. The molecule has 1 fully saturated rings. The van der Waals surface area contributed by atoms with Gasteiger partial charge in [-0.05, 0) is 49.1 Å². The van der Waals surface area contributed by atoms with Gasteiger partial charge in [-0.1, -0.05) is 38.7 Å². The second-order valence-corrected chi connectivity index (χ2v) is 9.01. The van der Waals surface area contributed by atoms with Gasteiger partial charge in [0.1, 0.15) is 0 Å². The summed E-state index contributed by atoms with van der Waals surface area (Å²) in [6.45, 7) is 1.83. The van der Waals surface area contributed by atoms with Crippen LogP contribution in [0.4, 0.5) is 8.78 Å². The maximum atomic E-state index is 14.4. The summed E-state index contributed by atoms with van der Waals surface area (Å²) in [6, 6.07) is 2.91. The van der Waals surface area contributed by atoms with Crippen LogP contribution in [-0.4, -0.2) is 22.6 Å². The molecular formula is C19H29F2O4P. The fourth-order valence-electron chi connectivity index (χ4n) is 3.69. The number of ether oxygens (including phenoxy) is 1. The third-order valence-corrected chi connectivity index (χ3v) is 5.98. The number of rotatable bonds is 9. The van der Waals surface area contributed by atoms with Gasteiger partial charge in [0.2, 0.25) is 5.82 Å². The van der Waals surface area contributed by atoms with Gasteiger partial charge in [-0.3, -0.25) is 4.57 Å². The Morgan fingerprint density at radius 1 is 1.12 bits per heavy atom. The summed E-state index contributed by atoms with van der Waals surface area (Å²) in [7, 11) is -4.22. The second kappa shape index (κ2) is 9.82. The summed E-state index contributed by atoms with van der Waals surface area (Å²) >= 11 is 0. The molecule has 0 radical (unpaired) electrons. The smallest absolute Gasteiger partial charge is 0.328 e. The van der Waals surface area contributed by atoms with Crippen molar-refractivity contribution >= 4 is 7.60 Å². The van der Waals surface area contributed by atoms with Crippen LogP contribution in [0, 0.1) is 17.6 Å². The SMILES string of the molecule is CCCCCC1CCC(c2ccc(OCCP(=O)(O)O)c(F)c2F)CC1. The molecule has 0 aromatic heterocycles. The Kier molecular flexibility index (Phi) is 8.05. The van der Waals surface area contributed by atoms with Gasteiger partial charge < -0.3 is 14.5 Å². The molecule has 0 saturated heterocycles. The fraction of sp³-hybridized carbons (Fsp3) is 0.684. The standard InChI is InChI=1S/C19H29F2O4P/c1-2-3-4-5-14-6-8-15(9-7-14)16-10-11-17(19(21)18(16)20)25-12-13-26(22,23)24/h10-11,14-15H,2-9,12-13H2,1H3,(H2,22,23,24). The van der Waals surface area contributed by atoms with Gasteiger partial charge in [-0.25, -0.2) is 4.39 Å². The molecule has 7 heteroatoms. The first-order valence-corrected chi connectivity index (χ1v) is 11.3. The zero-order valence-corrected chi connectivity index (χ0v) is 16.2. The van der Waals surface area contributed by atoms with E-state index in [1.807, 2.05) is 0 Å². The molecule has 1 aliphatic rings. The minimum atomic E-state index is -4.22. The molecule has 4 nitrogen and oxygen atoms in total. The Bertz CT molecular complexity index is 624. The molecule has 2 rings (SSSR count). The lowest BCUT2D eigenvalue weighted by molar-refractivity contribution is 0.288. The summed E-state index contributed by atoms with van der Waals surface area (Å²) in [6.07, 6.45) is 8.24. The van der Waals surface area contributed by atoms with Gasteiger partial charge in [0.15, 0.2) is 11.6 Å². The monoisotopic (exact) mass is 390 g/mol. The van der Waals surface area contributed by atoms with Crippen LogP contribution in [0.2, 0.25) is 0 Å². The lowest BCUT2D eigenvalue weighted by Gasteiger charge is -2.29. The van der Waals surface area contributed by atoms with Crippen LogP contribution >= 0.6 is 7.60 Å². The van der Waals surface area contributed by atoms with Gasteiger partial charge in [0, 0.05) is 0 Å². The van der Waals surface area contributed by atoms with Crippen LogP contribution in [0.5, 0.6) is 5.75 Å². The number of hydrogen-bond acceptors (Lipinski definition) is 2. The van der Waals surface area contributed by atoms with Crippen molar-refractivity contribution in [1.29, 1.82) is 0 Å². The molecule has 1 aliphatic carbocycles. The zero-order valence-electron chi connectivity index (χ0n) is 15.3. The van der Waals surface area contributed by atoms with E-state index in [1.165, 1.54) is 31.7 Å². The highest BCUT2D eigenvalue weighted by atomic mass is 31.2. The average Bonchev–Trinajstić information content (AvgIpc) is 2.59. The third kappa shape index (κ3) is 6.33. The molecule has 0 heterocycles. The van der Waals surface area contributed by atoms with Crippen LogP contribution in [0.1, 0.15) is 69.8 Å². The van der Waals surface area contributed by atoms with Crippen molar-refractivity contribution in [2.75, 3.05) is 12.8 Å². The van der Waals surface area contributed by atoms with Gasteiger partial charge in [-0.15, -0.1) is 0 Å². The third-order valence-electron chi connectivity index (χ3n) is 5.22. The fourth-order valence-corrected chi connectivity index (χ4v) is 4.02. The van der Waals surface area contributed by atoms with E-state index in [0.29, 0.717) is 11.5 Å². The minimum absolute atomic E-state index is 0.0241. The van der Waals surface area contributed by atoms with E-state index < -0.39 is 25.4 Å². The van der Waals surface area contributed by atoms with E-state index in [9.17, 15) is 13.3 Å². The van der Waals surface area contributed by atoms with Crippen LogP contribution < -0.4 is 4.74 Å². The van der Waals surface area contributed by atoms with E-state index in [1.54, 1.807) is 6.07 Å². The quantitative estimate of drug-likeness (QED) is 0.439. The largest absolute Gasteiger partial charge is 0.490 e. The molecule has 0 atom stereocenters.